The van der Waals surface area contributed by atoms with E-state index in [2.05, 4.69) is 34.1 Å². The summed E-state index contributed by atoms with van der Waals surface area (Å²) in [6.07, 6.45) is 13.5. The van der Waals surface area contributed by atoms with Gasteiger partial charge in [-0.1, -0.05) is 66.2 Å². The highest BCUT2D eigenvalue weighted by atomic mass is 14.2. The van der Waals surface area contributed by atoms with Gasteiger partial charge in [-0.25, -0.2) is 0 Å². The minimum absolute atomic E-state index is 0.472. The van der Waals surface area contributed by atoms with E-state index < -0.39 is 0 Å². The van der Waals surface area contributed by atoms with E-state index in [1.54, 1.807) is 0 Å². The highest BCUT2D eigenvalue weighted by Gasteiger charge is 2.15. The van der Waals surface area contributed by atoms with Gasteiger partial charge in [-0.05, 0) is 24.7 Å². The molecular weight excluding hydrogens is 168 g/mol. The minimum Gasteiger partial charge on any atom is -0.0654 e. The van der Waals surface area contributed by atoms with Crippen molar-refractivity contribution in [2.45, 2.75) is 79.1 Å². The highest BCUT2D eigenvalue weighted by molar-refractivity contribution is 4.83. The van der Waals surface area contributed by atoms with Gasteiger partial charge in [-0.15, -0.1) is 0 Å². The smallest absolute Gasteiger partial charge is 0.0323 e. The Kier molecular flexibility index (Phi) is 8.32. The average Bonchev–Trinajstić information content (AvgIpc) is 2.11. The standard InChI is InChI=1S/C14H29/c1-5-7-8-9-10-11-13-14(3,4)12-6-2/h13H,5-12H2,1-4H3. The Balaban J connectivity index is 3.26. The van der Waals surface area contributed by atoms with Crippen molar-refractivity contribution >= 4 is 0 Å². The first-order valence-electron chi connectivity index (χ1n) is 6.46. The van der Waals surface area contributed by atoms with Crippen molar-refractivity contribution in [1.82, 2.24) is 0 Å². The maximum atomic E-state index is 2.53. The molecule has 0 N–H and O–H groups in total. The second-order valence-electron chi connectivity index (χ2n) is 5.15. The van der Waals surface area contributed by atoms with Gasteiger partial charge in [0.2, 0.25) is 0 Å². The van der Waals surface area contributed by atoms with Gasteiger partial charge < -0.3 is 0 Å². The molecule has 0 aliphatic heterocycles. The minimum atomic E-state index is 0.472. The Morgan fingerprint density at radius 1 is 0.857 bits per heavy atom. The Bertz CT molecular complexity index is 113. The van der Waals surface area contributed by atoms with Gasteiger partial charge in [0.05, 0.1) is 0 Å². The molecule has 85 valence electrons. The molecule has 0 rings (SSSR count). The zero-order valence-electron chi connectivity index (χ0n) is 10.7. The molecule has 0 atom stereocenters. The van der Waals surface area contributed by atoms with E-state index in [1.807, 2.05) is 0 Å². The Hall–Kier alpha value is 0. The lowest BCUT2D eigenvalue weighted by molar-refractivity contribution is 0.377. The molecule has 0 saturated heterocycles. The van der Waals surface area contributed by atoms with Crippen molar-refractivity contribution in [3.63, 3.8) is 0 Å². The number of rotatable bonds is 9. The maximum Gasteiger partial charge on any atom is -0.0323 e. The van der Waals surface area contributed by atoms with Gasteiger partial charge in [0.1, 0.15) is 0 Å². The first-order chi connectivity index (χ1) is 6.62. The molecule has 0 aliphatic carbocycles. The number of unbranched alkanes of at least 4 members (excludes halogenated alkanes) is 5. The lowest BCUT2D eigenvalue weighted by Gasteiger charge is -2.23. The molecule has 0 heterocycles. The third-order valence-electron chi connectivity index (χ3n) is 2.90. The van der Waals surface area contributed by atoms with Crippen molar-refractivity contribution in [1.29, 1.82) is 0 Å². The summed E-state index contributed by atoms with van der Waals surface area (Å²) < 4.78 is 0. The molecule has 1 radical (unpaired) electrons. The molecule has 0 aromatic carbocycles. The summed E-state index contributed by atoms with van der Waals surface area (Å²) >= 11 is 0. The van der Waals surface area contributed by atoms with Crippen LogP contribution in [0.3, 0.4) is 0 Å². The largest absolute Gasteiger partial charge is 0.0654 e. The summed E-state index contributed by atoms with van der Waals surface area (Å²) in [7, 11) is 0. The van der Waals surface area contributed by atoms with Gasteiger partial charge in [0, 0.05) is 0 Å². The first kappa shape index (κ1) is 14.0. The molecule has 0 aromatic heterocycles. The van der Waals surface area contributed by atoms with E-state index >= 15 is 0 Å². The number of hydrogen-bond donors (Lipinski definition) is 0. The van der Waals surface area contributed by atoms with E-state index in [-0.39, 0.29) is 0 Å². The van der Waals surface area contributed by atoms with Crippen LogP contribution in [0.15, 0.2) is 0 Å². The molecule has 0 saturated carbocycles. The van der Waals surface area contributed by atoms with E-state index in [0.717, 1.165) is 0 Å². The summed E-state index contributed by atoms with van der Waals surface area (Å²) in [4.78, 5) is 0. The predicted octanol–water partition coefficient (Wildman–Crippen LogP) is 5.38. The van der Waals surface area contributed by atoms with Crippen LogP contribution in [0.25, 0.3) is 0 Å². The van der Waals surface area contributed by atoms with Crippen LogP contribution in [-0.2, 0) is 0 Å². The maximum absolute atomic E-state index is 2.53. The second kappa shape index (κ2) is 8.32. The van der Waals surface area contributed by atoms with Gasteiger partial charge >= 0.3 is 0 Å². The van der Waals surface area contributed by atoms with Crippen LogP contribution in [0.4, 0.5) is 0 Å². The summed E-state index contributed by atoms with van der Waals surface area (Å²) in [6, 6.07) is 0. The SMILES string of the molecule is CCCCCCC[CH]C(C)(C)CCC. The molecule has 0 aliphatic rings. The van der Waals surface area contributed by atoms with Crippen molar-refractivity contribution in [3.05, 3.63) is 6.42 Å². The number of hydrogen-bond acceptors (Lipinski definition) is 0. The lowest BCUT2D eigenvalue weighted by atomic mass is 9.83. The normalized spacial score (nSPS) is 12.0. The fraction of sp³-hybridized carbons (Fsp3) is 0.929. The topological polar surface area (TPSA) is 0 Å². The van der Waals surface area contributed by atoms with E-state index in [1.165, 1.54) is 51.4 Å². The van der Waals surface area contributed by atoms with Crippen molar-refractivity contribution in [3.8, 4) is 0 Å². The highest BCUT2D eigenvalue weighted by Crippen LogP contribution is 2.28. The third kappa shape index (κ3) is 8.59. The fourth-order valence-electron chi connectivity index (χ4n) is 1.99. The van der Waals surface area contributed by atoms with Crippen LogP contribution in [0, 0.1) is 11.8 Å². The molecule has 0 unspecified atom stereocenters. The molecule has 14 heavy (non-hydrogen) atoms. The molecule has 0 heteroatoms. The van der Waals surface area contributed by atoms with Gasteiger partial charge in [0.25, 0.3) is 0 Å². The van der Waals surface area contributed by atoms with Crippen LogP contribution in [0.1, 0.15) is 79.1 Å². The first-order valence-corrected chi connectivity index (χ1v) is 6.46. The fourth-order valence-corrected chi connectivity index (χ4v) is 1.99. The van der Waals surface area contributed by atoms with Crippen molar-refractivity contribution in [2.24, 2.45) is 5.41 Å². The molecule has 0 spiro atoms. The molecule has 0 nitrogen and oxygen atoms in total. The quantitative estimate of drug-likeness (QED) is 0.435. The molecule has 0 aromatic rings. The summed E-state index contributed by atoms with van der Waals surface area (Å²) in [5.74, 6) is 0. The van der Waals surface area contributed by atoms with Crippen LogP contribution in [0.5, 0.6) is 0 Å². The van der Waals surface area contributed by atoms with E-state index in [0.29, 0.717) is 5.41 Å². The molecule has 0 bridgehead atoms. The van der Waals surface area contributed by atoms with Gasteiger partial charge in [0.15, 0.2) is 0 Å². The zero-order chi connectivity index (χ0) is 10.9. The summed E-state index contributed by atoms with van der Waals surface area (Å²) in [5, 5.41) is 0. The predicted molar refractivity (Wildman–Crippen MR) is 66.4 cm³/mol. The second-order valence-corrected chi connectivity index (χ2v) is 5.15. The summed E-state index contributed by atoms with van der Waals surface area (Å²) in [5.41, 5.74) is 0.472. The zero-order valence-corrected chi connectivity index (χ0v) is 10.7. The van der Waals surface area contributed by atoms with Crippen LogP contribution < -0.4 is 0 Å². The lowest BCUT2D eigenvalue weighted by Crippen LogP contribution is -2.11. The Morgan fingerprint density at radius 3 is 2.07 bits per heavy atom. The molecule has 0 fully saturated rings. The van der Waals surface area contributed by atoms with E-state index in [4.69, 9.17) is 0 Å². The Labute approximate surface area is 91.5 Å². The monoisotopic (exact) mass is 197 g/mol. The average molecular weight is 197 g/mol. The van der Waals surface area contributed by atoms with Crippen molar-refractivity contribution < 1.29 is 0 Å². The van der Waals surface area contributed by atoms with Crippen molar-refractivity contribution in [2.75, 3.05) is 0 Å². The van der Waals surface area contributed by atoms with Gasteiger partial charge in [-0.2, -0.15) is 0 Å². The van der Waals surface area contributed by atoms with E-state index in [9.17, 15) is 0 Å². The van der Waals surface area contributed by atoms with Crippen LogP contribution in [0.2, 0.25) is 0 Å². The Morgan fingerprint density at radius 2 is 1.50 bits per heavy atom. The summed E-state index contributed by atoms with van der Waals surface area (Å²) in [6.45, 7) is 9.28. The third-order valence-corrected chi connectivity index (χ3v) is 2.90. The molecular formula is C14H29. The molecule has 0 amide bonds. The van der Waals surface area contributed by atoms with Crippen LogP contribution in [-0.4, -0.2) is 0 Å². The van der Waals surface area contributed by atoms with Gasteiger partial charge in [-0.3, -0.25) is 0 Å². The van der Waals surface area contributed by atoms with Crippen LogP contribution >= 0.6 is 0 Å².